The molecule has 0 saturated heterocycles. The Morgan fingerprint density at radius 1 is 0.800 bits per heavy atom. The summed E-state index contributed by atoms with van der Waals surface area (Å²) >= 11 is 0. The van der Waals surface area contributed by atoms with Gasteiger partial charge in [0.25, 0.3) is 0 Å². The standard InChI is InChI=1S/C17H14N2O/c18-17(19)14-8-4-7-13(11-14)16-10-9-15(20-16)12-5-2-1-3-6-12/h1-11H,(H3,18,19). The van der Waals surface area contributed by atoms with E-state index in [-0.39, 0.29) is 5.84 Å². The second-order valence-corrected chi connectivity index (χ2v) is 4.52. The molecule has 0 aliphatic heterocycles. The smallest absolute Gasteiger partial charge is 0.134 e. The highest BCUT2D eigenvalue weighted by Gasteiger charge is 2.07. The summed E-state index contributed by atoms with van der Waals surface area (Å²) in [6.45, 7) is 0. The van der Waals surface area contributed by atoms with Crippen molar-refractivity contribution in [1.82, 2.24) is 0 Å². The molecule has 0 fully saturated rings. The van der Waals surface area contributed by atoms with Crippen LogP contribution in [0.3, 0.4) is 0 Å². The summed E-state index contributed by atoms with van der Waals surface area (Å²) in [6.07, 6.45) is 0. The Hall–Kier alpha value is -2.81. The van der Waals surface area contributed by atoms with Crippen LogP contribution in [0.25, 0.3) is 22.6 Å². The molecule has 0 unspecified atom stereocenters. The van der Waals surface area contributed by atoms with Gasteiger partial charge in [-0.1, -0.05) is 48.5 Å². The summed E-state index contributed by atoms with van der Waals surface area (Å²) in [5, 5.41) is 7.48. The average molecular weight is 262 g/mol. The molecule has 0 atom stereocenters. The molecular weight excluding hydrogens is 248 g/mol. The monoisotopic (exact) mass is 262 g/mol. The third-order valence-electron chi connectivity index (χ3n) is 3.12. The lowest BCUT2D eigenvalue weighted by Gasteiger charge is -2.01. The van der Waals surface area contributed by atoms with Crippen molar-refractivity contribution in [3.63, 3.8) is 0 Å². The minimum atomic E-state index is 0.0571. The number of amidine groups is 1. The third-order valence-corrected chi connectivity index (χ3v) is 3.12. The fourth-order valence-electron chi connectivity index (χ4n) is 2.09. The Kier molecular flexibility index (Phi) is 3.09. The van der Waals surface area contributed by atoms with Gasteiger partial charge in [0.15, 0.2) is 0 Å². The topological polar surface area (TPSA) is 63.0 Å². The molecule has 2 aromatic carbocycles. The van der Waals surface area contributed by atoms with Crippen LogP contribution in [0.15, 0.2) is 71.1 Å². The van der Waals surface area contributed by atoms with Crippen molar-refractivity contribution in [2.45, 2.75) is 0 Å². The number of nitrogen functional groups attached to an aromatic ring is 1. The van der Waals surface area contributed by atoms with Gasteiger partial charge in [0.1, 0.15) is 17.4 Å². The normalized spacial score (nSPS) is 10.4. The quantitative estimate of drug-likeness (QED) is 0.555. The second-order valence-electron chi connectivity index (χ2n) is 4.52. The van der Waals surface area contributed by atoms with E-state index >= 15 is 0 Å². The Morgan fingerprint density at radius 2 is 1.45 bits per heavy atom. The fraction of sp³-hybridized carbons (Fsp3) is 0. The van der Waals surface area contributed by atoms with E-state index in [0.717, 1.165) is 22.6 Å². The third kappa shape index (κ3) is 2.34. The van der Waals surface area contributed by atoms with Gasteiger partial charge in [0.2, 0.25) is 0 Å². The van der Waals surface area contributed by atoms with Gasteiger partial charge < -0.3 is 10.2 Å². The minimum Gasteiger partial charge on any atom is -0.456 e. The summed E-state index contributed by atoms with van der Waals surface area (Å²) < 4.78 is 5.88. The first-order chi connectivity index (χ1) is 9.74. The molecular formula is C17H14N2O. The van der Waals surface area contributed by atoms with E-state index in [0.29, 0.717) is 5.56 Å². The number of rotatable bonds is 3. The van der Waals surface area contributed by atoms with Gasteiger partial charge in [0, 0.05) is 16.7 Å². The Bertz CT molecular complexity index is 744. The number of nitrogens with two attached hydrogens (primary N) is 1. The van der Waals surface area contributed by atoms with Gasteiger partial charge in [0.05, 0.1) is 0 Å². The van der Waals surface area contributed by atoms with Crippen LogP contribution in [0.2, 0.25) is 0 Å². The SMILES string of the molecule is N=C(N)c1cccc(-c2ccc(-c3ccccc3)o2)c1. The maximum atomic E-state index is 7.48. The Morgan fingerprint density at radius 3 is 2.15 bits per heavy atom. The van der Waals surface area contributed by atoms with Crippen molar-refractivity contribution >= 4 is 5.84 Å². The average Bonchev–Trinajstić information content (AvgIpc) is 2.98. The first kappa shape index (κ1) is 12.2. The van der Waals surface area contributed by atoms with Crippen LogP contribution in [0.4, 0.5) is 0 Å². The molecule has 0 amide bonds. The number of hydrogen-bond donors (Lipinski definition) is 2. The molecule has 0 radical (unpaired) electrons. The number of nitrogens with one attached hydrogen (secondary N) is 1. The zero-order chi connectivity index (χ0) is 13.9. The van der Waals surface area contributed by atoms with Crippen LogP contribution in [0.5, 0.6) is 0 Å². The van der Waals surface area contributed by atoms with Gasteiger partial charge in [-0.2, -0.15) is 0 Å². The van der Waals surface area contributed by atoms with Crippen LogP contribution < -0.4 is 5.73 Å². The summed E-state index contributed by atoms with van der Waals surface area (Å²) in [7, 11) is 0. The lowest BCUT2D eigenvalue weighted by Crippen LogP contribution is -2.10. The molecule has 0 spiro atoms. The molecule has 1 heterocycles. The second kappa shape index (κ2) is 5.05. The van der Waals surface area contributed by atoms with Gasteiger partial charge in [-0.3, -0.25) is 5.41 Å². The fourth-order valence-corrected chi connectivity index (χ4v) is 2.09. The maximum absolute atomic E-state index is 7.48. The molecule has 0 aliphatic carbocycles. The molecule has 0 bridgehead atoms. The van der Waals surface area contributed by atoms with Crippen LogP contribution in [-0.4, -0.2) is 5.84 Å². The predicted octanol–water partition coefficient (Wildman–Crippen LogP) is 3.90. The van der Waals surface area contributed by atoms with E-state index in [9.17, 15) is 0 Å². The molecule has 3 heteroatoms. The van der Waals surface area contributed by atoms with Crippen molar-refractivity contribution in [3.8, 4) is 22.6 Å². The van der Waals surface area contributed by atoms with Gasteiger partial charge in [-0.15, -0.1) is 0 Å². The summed E-state index contributed by atoms with van der Waals surface area (Å²) in [5.41, 5.74) is 8.16. The predicted molar refractivity (Wildman–Crippen MR) is 80.6 cm³/mol. The van der Waals surface area contributed by atoms with Crippen LogP contribution in [0, 0.1) is 5.41 Å². The molecule has 20 heavy (non-hydrogen) atoms. The number of furan rings is 1. The maximum Gasteiger partial charge on any atom is 0.134 e. The van der Waals surface area contributed by atoms with Crippen molar-refractivity contribution in [3.05, 3.63) is 72.3 Å². The zero-order valence-electron chi connectivity index (χ0n) is 10.8. The zero-order valence-corrected chi connectivity index (χ0v) is 10.8. The first-order valence-electron chi connectivity index (χ1n) is 6.34. The van der Waals surface area contributed by atoms with Gasteiger partial charge in [-0.05, 0) is 18.2 Å². The van der Waals surface area contributed by atoms with Crippen molar-refractivity contribution in [1.29, 1.82) is 5.41 Å². The Labute approximate surface area is 117 Å². The lowest BCUT2D eigenvalue weighted by molar-refractivity contribution is 0.597. The van der Waals surface area contributed by atoms with Crippen molar-refractivity contribution in [2.75, 3.05) is 0 Å². The van der Waals surface area contributed by atoms with E-state index < -0.39 is 0 Å². The van der Waals surface area contributed by atoms with Crippen LogP contribution >= 0.6 is 0 Å². The molecule has 1 aromatic heterocycles. The molecule has 0 saturated carbocycles. The van der Waals surface area contributed by atoms with E-state index in [1.54, 1.807) is 0 Å². The van der Waals surface area contributed by atoms with E-state index in [1.165, 1.54) is 0 Å². The summed E-state index contributed by atoms with van der Waals surface area (Å²) in [5.74, 6) is 1.66. The van der Waals surface area contributed by atoms with Gasteiger partial charge >= 0.3 is 0 Å². The highest BCUT2D eigenvalue weighted by atomic mass is 16.3. The van der Waals surface area contributed by atoms with E-state index in [1.807, 2.05) is 66.7 Å². The summed E-state index contributed by atoms with van der Waals surface area (Å²) in [4.78, 5) is 0. The molecule has 3 nitrogen and oxygen atoms in total. The van der Waals surface area contributed by atoms with Crippen molar-refractivity contribution < 1.29 is 4.42 Å². The van der Waals surface area contributed by atoms with Crippen LogP contribution in [0.1, 0.15) is 5.56 Å². The lowest BCUT2D eigenvalue weighted by atomic mass is 10.1. The molecule has 98 valence electrons. The van der Waals surface area contributed by atoms with Gasteiger partial charge in [-0.25, -0.2) is 0 Å². The highest BCUT2D eigenvalue weighted by molar-refractivity contribution is 5.96. The number of hydrogen-bond acceptors (Lipinski definition) is 2. The largest absolute Gasteiger partial charge is 0.456 e. The Balaban J connectivity index is 1.98. The number of benzene rings is 2. The molecule has 0 aliphatic rings. The molecule has 3 aromatic rings. The van der Waals surface area contributed by atoms with E-state index in [2.05, 4.69) is 0 Å². The van der Waals surface area contributed by atoms with Crippen molar-refractivity contribution in [2.24, 2.45) is 5.73 Å². The minimum absolute atomic E-state index is 0.0571. The molecule has 3 rings (SSSR count). The highest BCUT2D eigenvalue weighted by Crippen LogP contribution is 2.28. The van der Waals surface area contributed by atoms with E-state index in [4.69, 9.17) is 15.6 Å². The molecule has 3 N–H and O–H groups in total. The summed E-state index contributed by atoms with van der Waals surface area (Å²) in [6, 6.07) is 21.3. The first-order valence-corrected chi connectivity index (χ1v) is 6.34. The van der Waals surface area contributed by atoms with Crippen LogP contribution in [-0.2, 0) is 0 Å².